The molecule has 0 saturated heterocycles. The van der Waals surface area contributed by atoms with E-state index in [1.54, 1.807) is 0 Å². The summed E-state index contributed by atoms with van der Waals surface area (Å²) in [6.45, 7) is 2.78. The largest absolute Gasteiger partial charge is 0.329 e. The van der Waals surface area contributed by atoms with E-state index in [-0.39, 0.29) is 12.1 Å². The van der Waals surface area contributed by atoms with E-state index < -0.39 is 0 Å². The van der Waals surface area contributed by atoms with Gasteiger partial charge in [0.05, 0.1) is 0 Å². The first-order valence-electron chi connectivity index (χ1n) is 10.4. The van der Waals surface area contributed by atoms with Crippen molar-refractivity contribution in [3.63, 3.8) is 0 Å². The highest BCUT2D eigenvalue weighted by molar-refractivity contribution is 4.76. The summed E-state index contributed by atoms with van der Waals surface area (Å²) in [5, 5.41) is 0. The highest BCUT2D eigenvalue weighted by atomic mass is 14.8. The van der Waals surface area contributed by atoms with Gasteiger partial charge in [-0.05, 0) is 6.42 Å². The maximum absolute atomic E-state index is 5.98. The van der Waals surface area contributed by atoms with E-state index in [9.17, 15) is 0 Å². The standard InChI is InChI=1S/C20H45N3/c1-2-3-4-5-6-7-8-9-10-11-12-13-14-15-16-17-19(22)20(23)18-21/h19-20H,2-18,21-23H2,1H3. The van der Waals surface area contributed by atoms with Crippen LogP contribution in [-0.2, 0) is 0 Å². The molecule has 0 fully saturated rings. The number of nitrogens with two attached hydrogens (primary N) is 3. The Hall–Kier alpha value is -0.120. The molecule has 3 heteroatoms. The molecular weight excluding hydrogens is 282 g/mol. The van der Waals surface area contributed by atoms with Gasteiger partial charge >= 0.3 is 0 Å². The Morgan fingerprint density at radius 3 is 1.22 bits per heavy atom. The quantitative estimate of drug-likeness (QED) is 0.314. The molecule has 0 aromatic carbocycles. The molecule has 0 spiro atoms. The average Bonchev–Trinajstić information content (AvgIpc) is 2.57. The van der Waals surface area contributed by atoms with E-state index >= 15 is 0 Å². The van der Waals surface area contributed by atoms with Crippen LogP contribution in [0.5, 0.6) is 0 Å². The smallest absolute Gasteiger partial charge is 0.0317 e. The lowest BCUT2D eigenvalue weighted by Gasteiger charge is -2.17. The third-order valence-corrected chi connectivity index (χ3v) is 4.96. The summed E-state index contributed by atoms with van der Waals surface area (Å²) in [5.74, 6) is 0. The maximum atomic E-state index is 5.98. The second kappa shape index (κ2) is 18.2. The summed E-state index contributed by atoms with van der Waals surface area (Å²) in [6.07, 6.45) is 22.0. The monoisotopic (exact) mass is 327 g/mol. The molecule has 0 aromatic rings. The first kappa shape index (κ1) is 22.9. The SMILES string of the molecule is CCCCCCCCCCCCCCCCCC(N)C(N)CN. The fraction of sp³-hybridized carbons (Fsp3) is 1.00. The minimum atomic E-state index is -0.0263. The summed E-state index contributed by atoms with van der Waals surface area (Å²) < 4.78 is 0. The average molecular weight is 328 g/mol. The molecule has 0 aliphatic carbocycles. The summed E-state index contributed by atoms with van der Waals surface area (Å²) in [5.41, 5.74) is 17.3. The summed E-state index contributed by atoms with van der Waals surface area (Å²) >= 11 is 0. The third-order valence-electron chi connectivity index (χ3n) is 4.96. The highest BCUT2D eigenvalue weighted by Crippen LogP contribution is 2.14. The Balaban J connectivity index is 3.08. The van der Waals surface area contributed by atoms with Crippen LogP contribution < -0.4 is 17.2 Å². The normalized spacial score (nSPS) is 14.1. The molecule has 0 aliphatic rings. The predicted molar refractivity (Wildman–Crippen MR) is 105 cm³/mol. The minimum absolute atomic E-state index is 0.0263. The lowest BCUT2D eigenvalue weighted by atomic mass is 10.0. The number of hydrogen-bond acceptors (Lipinski definition) is 3. The zero-order chi connectivity index (χ0) is 17.2. The van der Waals surface area contributed by atoms with Crippen molar-refractivity contribution < 1.29 is 0 Å². The topological polar surface area (TPSA) is 78.1 Å². The van der Waals surface area contributed by atoms with Crippen molar-refractivity contribution in [3.8, 4) is 0 Å². The highest BCUT2D eigenvalue weighted by Gasteiger charge is 2.10. The molecule has 2 unspecified atom stereocenters. The van der Waals surface area contributed by atoms with Gasteiger partial charge < -0.3 is 17.2 Å². The van der Waals surface area contributed by atoms with Gasteiger partial charge in [0, 0.05) is 18.6 Å². The molecule has 0 radical (unpaired) electrons. The molecule has 0 bridgehead atoms. The molecule has 140 valence electrons. The van der Waals surface area contributed by atoms with E-state index in [2.05, 4.69) is 6.92 Å². The summed E-state index contributed by atoms with van der Waals surface area (Å²) in [6, 6.07) is 0.0589. The van der Waals surface area contributed by atoms with Gasteiger partial charge in [0.15, 0.2) is 0 Å². The van der Waals surface area contributed by atoms with E-state index in [0.717, 1.165) is 6.42 Å². The molecule has 0 aromatic heterocycles. The Morgan fingerprint density at radius 2 is 0.870 bits per heavy atom. The van der Waals surface area contributed by atoms with E-state index in [1.165, 1.54) is 96.3 Å². The zero-order valence-electron chi connectivity index (χ0n) is 15.9. The third kappa shape index (κ3) is 16.5. The van der Waals surface area contributed by atoms with Crippen molar-refractivity contribution in [1.82, 2.24) is 0 Å². The summed E-state index contributed by atoms with van der Waals surface area (Å²) in [4.78, 5) is 0. The van der Waals surface area contributed by atoms with Crippen molar-refractivity contribution in [2.75, 3.05) is 6.54 Å². The van der Waals surface area contributed by atoms with Crippen molar-refractivity contribution in [3.05, 3.63) is 0 Å². The van der Waals surface area contributed by atoms with E-state index in [0.29, 0.717) is 6.54 Å². The van der Waals surface area contributed by atoms with Crippen molar-refractivity contribution in [1.29, 1.82) is 0 Å². The van der Waals surface area contributed by atoms with Gasteiger partial charge in [-0.15, -0.1) is 0 Å². The number of hydrogen-bond donors (Lipinski definition) is 3. The number of rotatable bonds is 18. The van der Waals surface area contributed by atoms with Crippen molar-refractivity contribution in [2.45, 2.75) is 122 Å². The van der Waals surface area contributed by atoms with Gasteiger partial charge in [0.1, 0.15) is 0 Å². The van der Waals surface area contributed by atoms with Crippen LogP contribution in [0.15, 0.2) is 0 Å². The van der Waals surface area contributed by atoms with Crippen LogP contribution in [0.25, 0.3) is 0 Å². The fourth-order valence-corrected chi connectivity index (χ4v) is 3.14. The van der Waals surface area contributed by atoms with Gasteiger partial charge in [-0.25, -0.2) is 0 Å². The second-order valence-corrected chi connectivity index (χ2v) is 7.30. The Labute approximate surface area is 146 Å². The molecule has 6 N–H and O–H groups in total. The molecular formula is C20H45N3. The van der Waals surface area contributed by atoms with Crippen molar-refractivity contribution in [2.24, 2.45) is 17.2 Å². The van der Waals surface area contributed by atoms with Gasteiger partial charge in [0.25, 0.3) is 0 Å². The van der Waals surface area contributed by atoms with Gasteiger partial charge in [-0.2, -0.15) is 0 Å². The molecule has 0 saturated carbocycles. The maximum Gasteiger partial charge on any atom is 0.0317 e. The summed E-state index contributed by atoms with van der Waals surface area (Å²) in [7, 11) is 0. The Bertz CT molecular complexity index is 221. The van der Waals surface area contributed by atoms with Gasteiger partial charge in [-0.3, -0.25) is 0 Å². The van der Waals surface area contributed by atoms with Crippen molar-refractivity contribution >= 4 is 0 Å². The molecule has 0 heterocycles. The zero-order valence-corrected chi connectivity index (χ0v) is 15.9. The van der Waals surface area contributed by atoms with Crippen LogP contribution in [0.2, 0.25) is 0 Å². The first-order valence-corrected chi connectivity index (χ1v) is 10.4. The fourth-order valence-electron chi connectivity index (χ4n) is 3.14. The van der Waals surface area contributed by atoms with Crippen LogP contribution >= 0.6 is 0 Å². The second-order valence-electron chi connectivity index (χ2n) is 7.30. The van der Waals surface area contributed by atoms with E-state index in [4.69, 9.17) is 17.2 Å². The lowest BCUT2D eigenvalue weighted by molar-refractivity contribution is 0.467. The van der Waals surface area contributed by atoms with Crippen LogP contribution in [0, 0.1) is 0 Å². The van der Waals surface area contributed by atoms with Gasteiger partial charge in [0.2, 0.25) is 0 Å². The lowest BCUT2D eigenvalue weighted by Crippen LogP contribution is -2.46. The van der Waals surface area contributed by atoms with Crippen LogP contribution in [-0.4, -0.2) is 18.6 Å². The molecule has 0 amide bonds. The first-order chi connectivity index (χ1) is 11.2. The molecule has 2 atom stereocenters. The van der Waals surface area contributed by atoms with Gasteiger partial charge in [-0.1, -0.05) is 103 Å². The van der Waals surface area contributed by atoms with Crippen LogP contribution in [0.4, 0.5) is 0 Å². The van der Waals surface area contributed by atoms with E-state index in [1.807, 2.05) is 0 Å². The minimum Gasteiger partial charge on any atom is -0.329 e. The Kier molecular flexibility index (Phi) is 18.1. The van der Waals surface area contributed by atoms with Crippen LogP contribution in [0.3, 0.4) is 0 Å². The number of unbranched alkanes of at least 4 members (excludes halogenated alkanes) is 14. The molecule has 0 rings (SSSR count). The Morgan fingerprint density at radius 1 is 0.522 bits per heavy atom. The molecule has 23 heavy (non-hydrogen) atoms. The molecule has 3 nitrogen and oxygen atoms in total. The predicted octanol–water partition coefficient (Wildman–Crippen LogP) is 4.86. The van der Waals surface area contributed by atoms with Crippen LogP contribution in [0.1, 0.15) is 110 Å². The molecule has 0 aliphatic heterocycles.